The molecule has 0 aromatic heterocycles. The van der Waals surface area contributed by atoms with Crippen LogP contribution in [0.3, 0.4) is 0 Å². The van der Waals surface area contributed by atoms with Gasteiger partial charge in [0.1, 0.15) is 0 Å². The Labute approximate surface area is 42.8 Å². The Hall–Kier alpha value is -0.120. The van der Waals surface area contributed by atoms with Gasteiger partial charge in [0.25, 0.3) is 0 Å². The fourth-order valence-corrected chi connectivity index (χ4v) is 0.153. The molecular formula is C4H11NO2. The predicted molar refractivity (Wildman–Crippen MR) is 26.7 cm³/mol. The smallest absolute Gasteiger partial charge is 0.0685 e. The molecule has 0 saturated heterocycles. The van der Waals surface area contributed by atoms with E-state index in [9.17, 15) is 0 Å². The molecule has 0 radical (unpaired) electrons. The zero-order valence-electron chi connectivity index (χ0n) is 4.33. The monoisotopic (exact) mass is 105 g/mol. The van der Waals surface area contributed by atoms with Crippen molar-refractivity contribution in [3.63, 3.8) is 0 Å². The quantitative estimate of drug-likeness (QED) is 0.408. The van der Waals surface area contributed by atoms with Gasteiger partial charge in [0.05, 0.1) is 18.8 Å². The highest BCUT2D eigenvalue weighted by molar-refractivity contribution is 4.63. The molecule has 4 N–H and O–H groups in total. The van der Waals surface area contributed by atoms with Crippen molar-refractivity contribution in [2.24, 2.45) is 5.73 Å². The van der Waals surface area contributed by atoms with Gasteiger partial charge in [0.15, 0.2) is 0 Å². The topological polar surface area (TPSA) is 66.5 Å². The van der Waals surface area contributed by atoms with Crippen LogP contribution in [0.25, 0.3) is 0 Å². The first kappa shape index (κ1) is 6.88. The lowest BCUT2D eigenvalue weighted by Gasteiger charge is -2.08. The number of aliphatic hydroxyl groups excluding tert-OH is 2. The van der Waals surface area contributed by atoms with Crippen LogP contribution in [0.15, 0.2) is 0 Å². The van der Waals surface area contributed by atoms with E-state index in [-0.39, 0.29) is 6.61 Å². The third kappa shape index (κ3) is 2.56. The van der Waals surface area contributed by atoms with Crippen molar-refractivity contribution in [3.8, 4) is 0 Å². The second-order valence-electron chi connectivity index (χ2n) is 1.59. The Morgan fingerprint density at radius 1 is 1.71 bits per heavy atom. The molecule has 0 bridgehead atoms. The molecule has 0 rings (SSSR count). The minimum absolute atomic E-state index is 0.155. The zero-order valence-corrected chi connectivity index (χ0v) is 4.33. The molecule has 0 fully saturated rings. The minimum atomic E-state index is -0.606. The van der Waals surface area contributed by atoms with Gasteiger partial charge in [0, 0.05) is 0 Å². The van der Waals surface area contributed by atoms with Gasteiger partial charge < -0.3 is 15.9 Å². The van der Waals surface area contributed by atoms with E-state index in [2.05, 4.69) is 0 Å². The number of hydrogen-bond donors (Lipinski definition) is 3. The van der Waals surface area contributed by atoms with Crippen LogP contribution in [0.5, 0.6) is 0 Å². The van der Waals surface area contributed by atoms with Gasteiger partial charge in [-0.3, -0.25) is 0 Å². The van der Waals surface area contributed by atoms with E-state index >= 15 is 0 Å². The molecule has 1 unspecified atom stereocenters. The van der Waals surface area contributed by atoms with Crippen LogP contribution in [0, 0.1) is 0 Å². The van der Waals surface area contributed by atoms with E-state index in [4.69, 9.17) is 15.9 Å². The number of rotatable bonds is 2. The average molecular weight is 105 g/mol. The van der Waals surface area contributed by atoms with E-state index in [1.807, 2.05) is 0 Å². The highest BCUT2D eigenvalue weighted by Crippen LogP contribution is 1.83. The van der Waals surface area contributed by atoms with E-state index < -0.39 is 12.1 Å². The van der Waals surface area contributed by atoms with Crippen molar-refractivity contribution in [3.05, 3.63) is 0 Å². The Balaban J connectivity index is 3.14. The van der Waals surface area contributed by atoms with Crippen molar-refractivity contribution < 1.29 is 10.2 Å². The maximum absolute atomic E-state index is 8.54. The Kier molecular flexibility index (Phi) is 2.91. The fourth-order valence-electron chi connectivity index (χ4n) is 0.153. The number of hydrogen-bond acceptors (Lipinski definition) is 3. The third-order valence-electron chi connectivity index (χ3n) is 0.830. The summed E-state index contributed by atoms with van der Waals surface area (Å²) >= 11 is 0. The molecule has 0 aliphatic heterocycles. The Morgan fingerprint density at radius 3 is 2.14 bits per heavy atom. The molecule has 0 spiro atoms. The van der Waals surface area contributed by atoms with Gasteiger partial charge in [-0.2, -0.15) is 0 Å². The highest BCUT2D eigenvalue weighted by atomic mass is 16.3. The first-order valence-electron chi connectivity index (χ1n) is 2.23. The number of nitrogens with two attached hydrogens (primary N) is 1. The summed E-state index contributed by atoms with van der Waals surface area (Å²) in [6.45, 7) is 1.39. The van der Waals surface area contributed by atoms with E-state index in [1.165, 1.54) is 0 Å². The summed E-state index contributed by atoms with van der Waals surface area (Å²) in [4.78, 5) is 0. The zero-order chi connectivity index (χ0) is 5.86. The van der Waals surface area contributed by atoms with Crippen LogP contribution >= 0.6 is 0 Å². The van der Waals surface area contributed by atoms with Crippen LogP contribution in [0.2, 0.25) is 0 Å². The van der Waals surface area contributed by atoms with Crippen molar-refractivity contribution in [1.29, 1.82) is 0 Å². The standard InChI is InChI=1S/C4H11NO2/c1-3(7)4(5)2-6/h3-4,6-7H,2,5H2,1H3/t3?,4-/m0/s1. The van der Waals surface area contributed by atoms with Gasteiger partial charge in [-0.15, -0.1) is 0 Å². The molecule has 0 aliphatic carbocycles. The summed E-state index contributed by atoms with van der Waals surface area (Å²) in [6.07, 6.45) is -0.606. The van der Waals surface area contributed by atoms with Gasteiger partial charge in [-0.1, -0.05) is 0 Å². The van der Waals surface area contributed by atoms with E-state index in [1.54, 1.807) is 6.92 Å². The third-order valence-corrected chi connectivity index (χ3v) is 0.830. The van der Waals surface area contributed by atoms with Crippen LogP contribution in [0.1, 0.15) is 6.92 Å². The van der Waals surface area contributed by atoms with Crippen molar-refractivity contribution in [1.82, 2.24) is 0 Å². The Morgan fingerprint density at radius 2 is 2.14 bits per heavy atom. The highest BCUT2D eigenvalue weighted by Gasteiger charge is 2.04. The molecule has 0 aromatic carbocycles. The van der Waals surface area contributed by atoms with Crippen molar-refractivity contribution in [2.45, 2.75) is 19.1 Å². The molecule has 0 saturated carbocycles. The SMILES string of the molecule is CC(O)[C@@H](N)CO. The molecule has 0 amide bonds. The molecule has 3 heteroatoms. The molecule has 0 heterocycles. The summed E-state index contributed by atoms with van der Waals surface area (Å²) in [5.74, 6) is 0. The van der Waals surface area contributed by atoms with Crippen LogP contribution in [-0.4, -0.2) is 29.0 Å². The first-order valence-corrected chi connectivity index (χ1v) is 2.23. The molecule has 0 aliphatic rings. The predicted octanol–water partition coefficient (Wildman–Crippen LogP) is -1.31. The average Bonchev–Trinajstić information content (AvgIpc) is 1.65. The lowest BCUT2D eigenvalue weighted by Crippen LogP contribution is -2.35. The van der Waals surface area contributed by atoms with Crippen molar-refractivity contribution >= 4 is 0 Å². The summed E-state index contributed by atoms with van der Waals surface area (Å²) in [6, 6.07) is -0.486. The molecule has 44 valence electrons. The van der Waals surface area contributed by atoms with E-state index in [0.717, 1.165) is 0 Å². The summed E-state index contributed by atoms with van der Waals surface area (Å²) in [5.41, 5.74) is 5.12. The van der Waals surface area contributed by atoms with Gasteiger partial charge in [-0.05, 0) is 6.92 Å². The second-order valence-corrected chi connectivity index (χ2v) is 1.59. The lowest BCUT2D eigenvalue weighted by atomic mass is 10.2. The first-order chi connectivity index (χ1) is 3.18. The second kappa shape index (κ2) is 2.96. The molecule has 0 aromatic rings. The Bertz CT molecular complexity index is 47.0. The maximum atomic E-state index is 8.54. The molecule has 7 heavy (non-hydrogen) atoms. The van der Waals surface area contributed by atoms with Crippen LogP contribution in [-0.2, 0) is 0 Å². The fraction of sp³-hybridized carbons (Fsp3) is 1.00. The molecule has 2 atom stereocenters. The largest absolute Gasteiger partial charge is 0.395 e. The molecular weight excluding hydrogens is 94.0 g/mol. The van der Waals surface area contributed by atoms with Crippen molar-refractivity contribution in [2.75, 3.05) is 6.61 Å². The van der Waals surface area contributed by atoms with Gasteiger partial charge in [0.2, 0.25) is 0 Å². The summed E-state index contributed by atoms with van der Waals surface area (Å²) < 4.78 is 0. The maximum Gasteiger partial charge on any atom is 0.0685 e. The lowest BCUT2D eigenvalue weighted by molar-refractivity contribution is 0.123. The molecule has 3 nitrogen and oxygen atoms in total. The number of aliphatic hydroxyl groups is 2. The van der Waals surface area contributed by atoms with Gasteiger partial charge >= 0.3 is 0 Å². The van der Waals surface area contributed by atoms with Crippen LogP contribution in [0.4, 0.5) is 0 Å². The minimum Gasteiger partial charge on any atom is -0.395 e. The summed E-state index contributed by atoms with van der Waals surface area (Å²) in [7, 11) is 0. The summed E-state index contributed by atoms with van der Waals surface area (Å²) in [5, 5.41) is 16.8. The van der Waals surface area contributed by atoms with E-state index in [0.29, 0.717) is 0 Å². The van der Waals surface area contributed by atoms with Gasteiger partial charge in [-0.25, -0.2) is 0 Å². The van der Waals surface area contributed by atoms with Crippen LogP contribution < -0.4 is 5.73 Å². The normalized spacial score (nSPS) is 18.9.